The number of benzene rings is 2. The van der Waals surface area contributed by atoms with Crippen LogP contribution in [0.25, 0.3) is 0 Å². The lowest BCUT2D eigenvalue weighted by Gasteiger charge is -2.17. The van der Waals surface area contributed by atoms with E-state index < -0.39 is 0 Å². The molecule has 0 radical (unpaired) electrons. The first-order valence-electron chi connectivity index (χ1n) is 6.74. The second-order valence-electron chi connectivity index (χ2n) is 4.63. The quantitative estimate of drug-likeness (QED) is 0.608. The summed E-state index contributed by atoms with van der Waals surface area (Å²) in [6.07, 6.45) is 0.685. The Morgan fingerprint density at radius 3 is 2.55 bits per heavy atom. The lowest BCUT2D eigenvalue weighted by molar-refractivity contribution is -0.0758. The molecule has 0 spiro atoms. The summed E-state index contributed by atoms with van der Waals surface area (Å²) >= 11 is 0. The predicted molar refractivity (Wildman–Crippen MR) is 81.7 cm³/mol. The van der Waals surface area contributed by atoms with Gasteiger partial charge in [0.25, 0.3) is 5.91 Å². The summed E-state index contributed by atoms with van der Waals surface area (Å²) in [4.78, 5) is 28.1. The maximum Gasteiger partial charge on any atom is 0.280 e. The number of hydrogen-bond donors (Lipinski definition) is 0. The van der Waals surface area contributed by atoms with E-state index in [2.05, 4.69) is 0 Å². The number of ether oxygens (including phenoxy) is 1. The van der Waals surface area contributed by atoms with Gasteiger partial charge < -0.3 is 4.74 Å². The van der Waals surface area contributed by atoms with Crippen LogP contribution in [0.4, 0.5) is 0 Å². The fraction of sp³-hybridized carbons (Fsp3) is 0.176. The van der Waals surface area contributed by atoms with Crippen LogP contribution in [0, 0.1) is 0 Å². The van der Waals surface area contributed by atoms with Crippen LogP contribution in [0.2, 0.25) is 0 Å². The summed E-state index contributed by atoms with van der Waals surface area (Å²) in [7, 11) is 2.89. The van der Waals surface area contributed by atoms with Crippen molar-refractivity contribution in [2.24, 2.45) is 0 Å². The molecule has 5 heteroatoms. The molecule has 0 bridgehead atoms. The van der Waals surface area contributed by atoms with Crippen LogP contribution < -0.4 is 4.74 Å². The van der Waals surface area contributed by atoms with Crippen molar-refractivity contribution in [2.75, 3.05) is 14.2 Å². The summed E-state index contributed by atoms with van der Waals surface area (Å²) in [5.41, 5.74) is 1.67. The van der Waals surface area contributed by atoms with Crippen LogP contribution >= 0.6 is 0 Å². The van der Waals surface area contributed by atoms with Crippen molar-refractivity contribution < 1.29 is 19.2 Å². The first-order valence-corrected chi connectivity index (χ1v) is 6.74. The molecule has 0 aliphatic heterocycles. The van der Waals surface area contributed by atoms with Crippen molar-refractivity contribution in [3.8, 4) is 5.75 Å². The maximum absolute atomic E-state index is 12.3. The molecule has 0 fully saturated rings. The van der Waals surface area contributed by atoms with E-state index in [-0.39, 0.29) is 11.5 Å². The number of carbonyl (C=O) groups excluding carboxylic acids is 2. The molecule has 0 aromatic heterocycles. The Morgan fingerprint density at radius 2 is 1.91 bits per heavy atom. The Balaban J connectivity index is 2.26. The number of hydrogen-bond acceptors (Lipinski definition) is 4. The average Bonchev–Trinajstić information content (AvgIpc) is 2.59. The van der Waals surface area contributed by atoms with Gasteiger partial charge in [0.1, 0.15) is 18.6 Å². The zero-order valence-electron chi connectivity index (χ0n) is 12.5. The number of aldehydes is 1. The van der Waals surface area contributed by atoms with E-state index in [1.54, 1.807) is 12.1 Å². The largest absolute Gasteiger partial charge is 0.488 e. The SMILES string of the molecule is CON(C)C(=O)c1cc(C=O)ccc1OCc1ccccc1. The van der Waals surface area contributed by atoms with Crippen LogP contribution in [0.1, 0.15) is 26.3 Å². The van der Waals surface area contributed by atoms with Crippen molar-refractivity contribution >= 4 is 12.2 Å². The Hall–Kier alpha value is -2.66. The van der Waals surface area contributed by atoms with E-state index in [0.717, 1.165) is 10.6 Å². The highest BCUT2D eigenvalue weighted by atomic mass is 16.7. The standard InChI is InChI=1S/C17H17NO4/c1-18(21-2)17(20)15-10-14(11-19)8-9-16(15)22-12-13-6-4-3-5-7-13/h3-11H,12H2,1-2H3. The molecular weight excluding hydrogens is 282 g/mol. The zero-order valence-corrected chi connectivity index (χ0v) is 12.5. The highest BCUT2D eigenvalue weighted by Crippen LogP contribution is 2.22. The number of amides is 1. The highest BCUT2D eigenvalue weighted by Gasteiger charge is 2.18. The Labute approximate surface area is 129 Å². The molecular formula is C17H17NO4. The van der Waals surface area contributed by atoms with Gasteiger partial charge in [0, 0.05) is 12.6 Å². The molecule has 2 aromatic carbocycles. The van der Waals surface area contributed by atoms with E-state index in [1.807, 2.05) is 30.3 Å². The van der Waals surface area contributed by atoms with E-state index in [1.165, 1.54) is 20.2 Å². The molecule has 22 heavy (non-hydrogen) atoms. The van der Waals surface area contributed by atoms with Crippen molar-refractivity contribution in [3.63, 3.8) is 0 Å². The van der Waals surface area contributed by atoms with Crippen LogP contribution in [-0.4, -0.2) is 31.4 Å². The third kappa shape index (κ3) is 3.71. The molecule has 0 atom stereocenters. The molecule has 5 nitrogen and oxygen atoms in total. The minimum atomic E-state index is -0.380. The Morgan fingerprint density at radius 1 is 1.18 bits per heavy atom. The maximum atomic E-state index is 12.3. The first-order chi connectivity index (χ1) is 10.7. The second kappa shape index (κ2) is 7.38. The third-order valence-electron chi connectivity index (χ3n) is 3.17. The van der Waals surface area contributed by atoms with Crippen LogP contribution in [0.5, 0.6) is 5.75 Å². The van der Waals surface area contributed by atoms with Crippen LogP contribution in [-0.2, 0) is 11.4 Å². The Bertz CT molecular complexity index is 655. The van der Waals surface area contributed by atoms with Gasteiger partial charge in [-0.3, -0.25) is 14.4 Å². The molecule has 0 unspecified atom stereocenters. The van der Waals surface area contributed by atoms with Gasteiger partial charge in [-0.1, -0.05) is 30.3 Å². The normalized spacial score (nSPS) is 10.1. The number of nitrogens with zero attached hydrogens (tertiary/aromatic N) is 1. The summed E-state index contributed by atoms with van der Waals surface area (Å²) in [5.74, 6) is 0.0256. The fourth-order valence-corrected chi connectivity index (χ4v) is 1.90. The number of carbonyl (C=O) groups is 2. The van der Waals surface area contributed by atoms with Gasteiger partial charge in [0.2, 0.25) is 0 Å². The van der Waals surface area contributed by atoms with Crippen LogP contribution in [0.15, 0.2) is 48.5 Å². The average molecular weight is 299 g/mol. The fourth-order valence-electron chi connectivity index (χ4n) is 1.90. The summed E-state index contributed by atoms with van der Waals surface area (Å²) in [5, 5.41) is 1.08. The zero-order chi connectivity index (χ0) is 15.9. The van der Waals surface area contributed by atoms with E-state index in [4.69, 9.17) is 9.57 Å². The van der Waals surface area contributed by atoms with Gasteiger partial charge >= 0.3 is 0 Å². The summed E-state index contributed by atoms with van der Waals surface area (Å²) in [6.45, 7) is 0.332. The lowest BCUT2D eigenvalue weighted by atomic mass is 10.1. The molecule has 0 heterocycles. The summed E-state index contributed by atoms with van der Waals surface area (Å²) in [6, 6.07) is 14.3. The topological polar surface area (TPSA) is 55.8 Å². The van der Waals surface area contributed by atoms with Crippen molar-refractivity contribution in [2.45, 2.75) is 6.61 Å². The van der Waals surface area contributed by atoms with Crippen LogP contribution in [0.3, 0.4) is 0 Å². The molecule has 1 amide bonds. The van der Waals surface area contributed by atoms with Crippen molar-refractivity contribution in [3.05, 3.63) is 65.2 Å². The predicted octanol–water partition coefficient (Wildman–Crippen LogP) is 2.71. The molecule has 114 valence electrons. The lowest BCUT2D eigenvalue weighted by Crippen LogP contribution is -2.26. The second-order valence-corrected chi connectivity index (χ2v) is 4.63. The molecule has 2 aromatic rings. The van der Waals surface area contributed by atoms with Gasteiger partial charge in [-0.15, -0.1) is 0 Å². The van der Waals surface area contributed by atoms with E-state index in [9.17, 15) is 9.59 Å². The van der Waals surface area contributed by atoms with Gasteiger partial charge in [-0.2, -0.15) is 0 Å². The highest BCUT2D eigenvalue weighted by molar-refractivity contribution is 5.97. The van der Waals surface area contributed by atoms with Crippen molar-refractivity contribution in [1.29, 1.82) is 0 Å². The van der Waals surface area contributed by atoms with Crippen molar-refractivity contribution in [1.82, 2.24) is 5.06 Å². The number of hydroxylamine groups is 2. The molecule has 0 N–H and O–H groups in total. The molecule has 2 rings (SSSR count). The third-order valence-corrected chi connectivity index (χ3v) is 3.17. The van der Waals surface area contributed by atoms with Gasteiger partial charge in [0.05, 0.1) is 12.7 Å². The molecule has 0 aliphatic carbocycles. The Kier molecular flexibility index (Phi) is 5.27. The monoisotopic (exact) mass is 299 g/mol. The first kappa shape index (κ1) is 15.7. The minimum Gasteiger partial charge on any atom is -0.488 e. The number of rotatable bonds is 6. The summed E-state index contributed by atoms with van der Waals surface area (Å²) < 4.78 is 5.72. The van der Waals surface area contributed by atoms with Gasteiger partial charge in [0.15, 0.2) is 0 Å². The smallest absolute Gasteiger partial charge is 0.280 e. The minimum absolute atomic E-state index is 0.282. The van der Waals surface area contributed by atoms with Gasteiger partial charge in [-0.25, -0.2) is 5.06 Å². The molecule has 0 aliphatic rings. The van der Waals surface area contributed by atoms with E-state index >= 15 is 0 Å². The molecule has 0 saturated heterocycles. The molecule has 0 saturated carbocycles. The van der Waals surface area contributed by atoms with E-state index in [0.29, 0.717) is 24.2 Å². The van der Waals surface area contributed by atoms with Gasteiger partial charge in [-0.05, 0) is 23.8 Å².